The van der Waals surface area contributed by atoms with Gasteiger partial charge >= 0.3 is 6.18 Å². The van der Waals surface area contributed by atoms with Crippen molar-refractivity contribution in [3.63, 3.8) is 0 Å². The number of halogens is 3. The zero-order valence-electron chi connectivity index (χ0n) is 13.5. The van der Waals surface area contributed by atoms with Crippen molar-refractivity contribution in [3.8, 4) is 0 Å². The number of guanidine groups is 1. The van der Waals surface area contributed by atoms with E-state index in [-0.39, 0.29) is 6.61 Å². The molecule has 0 aliphatic carbocycles. The van der Waals surface area contributed by atoms with Gasteiger partial charge in [0.1, 0.15) is 6.61 Å². The summed E-state index contributed by atoms with van der Waals surface area (Å²) in [7, 11) is 0. The lowest BCUT2D eigenvalue weighted by Crippen LogP contribution is -2.38. The van der Waals surface area contributed by atoms with E-state index in [1.807, 2.05) is 13.8 Å². The highest BCUT2D eigenvalue weighted by Crippen LogP contribution is 2.14. The number of ether oxygens (including phenoxy) is 2. The third kappa shape index (κ3) is 15.4. The number of rotatable bonds is 12. The van der Waals surface area contributed by atoms with Crippen LogP contribution >= 0.6 is 0 Å². The Morgan fingerprint density at radius 3 is 2.36 bits per heavy atom. The van der Waals surface area contributed by atoms with Gasteiger partial charge in [0.05, 0.1) is 0 Å². The molecule has 0 aromatic carbocycles. The first-order valence-electron chi connectivity index (χ1n) is 7.74. The van der Waals surface area contributed by atoms with Crippen molar-refractivity contribution in [1.29, 1.82) is 0 Å². The lowest BCUT2D eigenvalue weighted by Gasteiger charge is -2.11. The fraction of sp³-hybridized carbons (Fsp3) is 0.929. The number of hydrogen-bond acceptors (Lipinski definition) is 3. The van der Waals surface area contributed by atoms with E-state index in [4.69, 9.17) is 4.74 Å². The van der Waals surface area contributed by atoms with Gasteiger partial charge in [-0.05, 0) is 33.1 Å². The predicted molar refractivity (Wildman–Crippen MR) is 81.2 cm³/mol. The van der Waals surface area contributed by atoms with Crippen LogP contribution < -0.4 is 10.6 Å². The van der Waals surface area contributed by atoms with Crippen molar-refractivity contribution < 1.29 is 22.6 Å². The van der Waals surface area contributed by atoms with Crippen LogP contribution in [0.2, 0.25) is 0 Å². The molecular weight excluding hydrogens is 299 g/mol. The average Bonchev–Trinajstić information content (AvgIpc) is 2.45. The number of nitrogens with zero attached hydrogens (tertiary/aromatic N) is 1. The summed E-state index contributed by atoms with van der Waals surface area (Å²) >= 11 is 0. The summed E-state index contributed by atoms with van der Waals surface area (Å²) in [6.45, 7) is 6.19. The minimum absolute atomic E-state index is 0.0524. The fourth-order valence-corrected chi connectivity index (χ4v) is 1.57. The van der Waals surface area contributed by atoms with Crippen LogP contribution in [-0.4, -0.2) is 58.2 Å². The number of aliphatic imine (C=N–C) groups is 1. The molecule has 0 amide bonds. The molecule has 0 bridgehead atoms. The molecule has 0 spiro atoms. The van der Waals surface area contributed by atoms with Gasteiger partial charge in [-0.2, -0.15) is 13.2 Å². The molecule has 0 rings (SSSR count). The minimum Gasteiger partial charge on any atom is -0.382 e. The molecular formula is C14H28F3N3O2. The molecule has 0 fully saturated rings. The Hall–Kier alpha value is -1.02. The number of alkyl halides is 3. The molecule has 0 heterocycles. The maximum Gasteiger partial charge on any atom is 0.411 e. The highest BCUT2D eigenvalue weighted by molar-refractivity contribution is 5.79. The number of unbranched alkanes of at least 4 members (excludes halogenated alkanes) is 1. The van der Waals surface area contributed by atoms with Crippen molar-refractivity contribution in [1.82, 2.24) is 10.6 Å². The maximum atomic E-state index is 11.9. The second-order valence-electron chi connectivity index (χ2n) is 4.61. The Morgan fingerprint density at radius 1 is 1.00 bits per heavy atom. The van der Waals surface area contributed by atoms with Crippen LogP contribution in [0, 0.1) is 0 Å². The van der Waals surface area contributed by atoms with Crippen LogP contribution in [0.15, 0.2) is 4.99 Å². The molecule has 0 aliphatic rings. The molecule has 132 valence electrons. The van der Waals surface area contributed by atoms with Crippen molar-refractivity contribution in [2.45, 2.75) is 39.3 Å². The van der Waals surface area contributed by atoms with E-state index in [0.717, 1.165) is 39.1 Å². The summed E-state index contributed by atoms with van der Waals surface area (Å²) in [5.41, 5.74) is 0. The van der Waals surface area contributed by atoms with Crippen LogP contribution in [-0.2, 0) is 9.47 Å². The third-order valence-corrected chi connectivity index (χ3v) is 2.54. The second-order valence-corrected chi connectivity index (χ2v) is 4.61. The van der Waals surface area contributed by atoms with Crippen LogP contribution in [0.4, 0.5) is 13.2 Å². The first-order valence-corrected chi connectivity index (χ1v) is 7.74. The van der Waals surface area contributed by atoms with E-state index < -0.39 is 12.8 Å². The molecule has 0 saturated heterocycles. The van der Waals surface area contributed by atoms with E-state index in [0.29, 0.717) is 18.9 Å². The van der Waals surface area contributed by atoms with Crippen LogP contribution in [0.1, 0.15) is 33.1 Å². The van der Waals surface area contributed by atoms with E-state index in [9.17, 15) is 13.2 Å². The number of hydrogen-bond donors (Lipinski definition) is 2. The van der Waals surface area contributed by atoms with Gasteiger partial charge in [-0.25, -0.2) is 0 Å². The highest BCUT2D eigenvalue weighted by atomic mass is 19.4. The molecule has 0 unspecified atom stereocenters. The summed E-state index contributed by atoms with van der Waals surface area (Å²) in [5.74, 6) is 0.676. The minimum atomic E-state index is -4.26. The standard InChI is InChI=1S/C14H28F3N3O2/c1-3-18-13(19-8-5-6-10-21-4-2)20-9-7-11-22-12-14(15,16)17/h3-12H2,1-2H3,(H2,18,19,20). The van der Waals surface area contributed by atoms with E-state index >= 15 is 0 Å². The van der Waals surface area contributed by atoms with E-state index in [1.54, 1.807) is 0 Å². The monoisotopic (exact) mass is 327 g/mol. The zero-order valence-corrected chi connectivity index (χ0v) is 13.5. The molecule has 22 heavy (non-hydrogen) atoms. The summed E-state index contributed by atoms with van der Waals surface area (Å²) < 4.78 is 45.4. The molecule has 0 aromatic rings. The van der Waals surface area contributed by atoms with Crippen molar-refractivity contribution in [2.24, 2.45) is 4.99 Å². The molecule has 0 radical (unpaired) electrons. The molecule has 5 nitrogen and oxygen atoms in total. The molecule has 2 N–H and O–H groups in total. The van der Waals surface area contributed by atoms with Crippen molar-refractivity contribution in [3.05, 3.63) is 0 Å². The average molecular weight is 327 g/mol. The molecule has 0 aliphatic heterocycles. The molecule has 0 atom stereocenters. The normalized spacial score (nSPS) is 12.5. The van der Waals surface area contributed by atoms with Crippen molar-refractivity contribution >= 4 is 5.96 Å². The Bertz CT molecular complexity index is 287. The summed E-state index contributed by atoms with van der Waals surface area (Å²) in [6, 6.07) is 0. The quantitative estimate of drug-likeness (QED) is 0.328. The second kappa shape index (κ2) is 13.6. The van der Waals surface area contributed by atoms with Gasteiger partial charge in [0.2, 0.25) is 0 Å². The van der Waals surface area contributed by atoms with E-state index in [1.165, 1.54) is 0 Å². The number of nitrogens with one attached hydrogen (secondary N) is 2. The van der Waals surface area contributed by atoms with Gasteiger partial charge in [0.15, 0.2) is 5.96 Å². The smallest absolute Gasteiger partial charge is 0.382 e. The van der Waals surface area contributed by atoms with Crippen LogP contribution in [0.5, 0.6) is 0 Å². The summed E-state index contributed by atoms with van der Waals surface area (Å²) in [5, 5.41) is 6.26. The fourth-order valence-electron chi connectivity index (χ4n) is 1.57. The predicted octanol–water partition coefficient (Wildman–Crippen LogP) is 2.33. The Morgan fingerprint density at radius 2 is 1.73 bits per heavy atom. The SMILES string of the molecule is CCNC(=NCCCOCC(F)(F)F)NCCCCOCC. The van der Waals surface area contributed by atoms with Gasteiger partial charge in [-0.15, -0.1) is 0 Å². The lowest BCUT2D eigenvalue weighted by molar-refractivity contribution is -0.173. The van der Waals surface area contributed by atoms with Gasteiger partial charge in [-0.3, -0.25) is 4.99 Å². The topological polar surface area (TPSA) is 54.9 Å². The molecule has 0 aromatic heterocycles. The first-order chi connectivity index (χ1) is 10.5. The molecule has 0 saturated carbocycles. The van der Waals surface area contributed by atoms with Gasteiger partial charge in [0, 0.05) is 39.5 Å². The lowest BCUT2D eigenvalue weighted by atomic mass is 10.3. The zero-order chi connectivity index (χ0) is 16.7. The highest BCUT2D eigenvalue weighted by Gasteiger charge is 2.27. The van der Waals surface area contributed by atoms with Crippen molar-refractivity contribution in [2.75, 3.05) is 46.1 Å². The van der Waals surface area contributed by atoms with Crippen LogP contribution in [0.3, 0.4) is 0 Å². The van der Waals surface area contributed by atoms with Crippen LogP contribution in [0.25, 0.3) is 0 Å². The Balaban J connectivity index is 3.72. The Labute approximate surface area is 130 Å². The third-order valence-electron chi connectivity index (χ3n) is 2.54. The van der Waals surface area contributed by atoms with Gasteiger partial charge in [-0.1, -0.05) is 0 Å². The van der Waals surface area contributed by atoms with Gasteiger partial charge in [0.25, 0.3) is 0 Å². The largest absolute Gasteiger partial charge is 0.411 e. The Kier molecular flexibility index (Phi) is 13.0. The maximum absolute atomic E-state index is 11.9. The summed E-state index contributed by atoms with van der Waals surface area (Å²) in [6.07, 6.45) is -1.86. The first kappa shape index (κ1) is 21.0. The van der Waals surface area contributed by atoms with E-state index in [2.05, 4.69) is 20.4 Å². The van der Waals surface area contributed by atoms with Gasteiger partial charge < -0.3 is 20.1 Å². The summed E-state index contributed by atoms with van der Waals surface area (Å²) in [4.78, 5) is 4.28. The molecule has 8 heteroatoms.